The summed E-state index contributed by atoms with van der Waals surface area (Å²) in [6.45, 7) is 1.53. The van der Waals surface area contributed by atoms with E-state index in [-0.39, 0.29) is 22.4 Å². The van der Waals surface area contributed by atoms with E-state index < -0.39 is 16.0 Å². The minimum absolute atomic E-state index is 0.239. The third-order valence-electron chi connectivity index (χ3n) is 1.95. The number of carboxylic acid groups (broad SMARTS) is 1. The lowest BCUT2D eigenvalue weighted by molar-refractivity contribution is 0.0691. The average molecular weight is 272 g/mol. The van der Waals surface area contributed by atoms with Gasteiger partial charge in [-0.05, 0) is 13.0 Å². The first kappa shape index (κ1) is 12.1. The predicted molar refractivity (Wildman–Crippen MR) is 57.6 cm³/mol. The van der Waals surface area contributed by atoms with E-state index in [1.165, 1.54) is 6.92 Å². The molecule has 2 aromatic heterocycles. The third kappa shape index (κ3) is 2.32. The van der Waals surface area contributed by atoms with Gasteiger partial charge in [-0.2, -0.15) is 4.98 Å². The number of aromatic carboxylic acids is 1. The first-order valence-corrected chi connectivity index (χ1v) is 6.11. The van der Waals surface area contributed by atoms with Crippen LogP contribution in [0.2, 0.25) is 0 Å². The van der Waals surface area contributed by atoms with Gasteiger partial charge >= 0.3 is 12.0 Å². The molecule has 0 saturated heterocycles. The summed E-state index contributed by atoms with van der Waals surface area (Å²) in [5, 5.41) is 12.1. The molecule has 0 aliphatic heterocycles. The Balaban J connectivity index is 2.27. The molecule has 0 atom stereocenters. The summed E-state index contributed by atoms with van der Waals surface area (Å²) < 4.78 is 30.2. The molecule has 2 aromatic rings. The summed E-state index contributed by atoms with van der Waals surface area (Å²) in [4.78, 5) is 16.4. The van der Waals surface area contributed by atoms with Gasteiger partial charge in [-0.15, -0.1) is 0 Å². The van der Waals surface area contributed by atoms with E-state index in [9.17, 15) is 13.2 Å². The van der Waals surface area contributed by atoms with Gasteiger partial charge in [-0.1, -0.05) is 5.16 Å². The van der Waals surface area contributed by atoms with Crippen LogP contribution in [0.4, 0.5) is 6.01 Å². The van der Waals surface area contributed by atoms with E-state index in [4.69, 9.17) is 5.11 Å². The Morgan fingerprint density at radius 2 is 2.28 bits per heavy atom. The largest absolute Gasteiger partial charge is 0.477 e. The van der Waals surface area contributed by atoms with Crippen LogP contribution in [0.15, 0.2) is 21.7 Å². The van der Waals surface area contributed by atoms with Crippen LogP contribution in [0, 0.1) is 6.92 Å². The number of aromatic amines is 1. The van der Waals surface area contributed by atoms with Crippen LogP contribution in [0.5, 0.6) is 0 Å². The topological polar surface area (TPSA) is 138 Å². The number of aryl methyl sites for hydroxylation is 1. The predicted octanol–water partition coefficient (Wildman–Crippen LogP) is 0.205. The Morgan fingerprint density at radius 1 is 1.56 bits per heavy atom. The fourth-order valence-corrected chi connectivity index (χ4v) is 2.08. The van der Waals surface area contributed by atoms with Gasteiger partial charge in [0, 0.05) is 6.20 Å². The minimum atomic E-state index is -3.95. The lowest BCUT2D eigenvalue weighted by Gasteiger charge is -1.99. The van der Waals surface area contributed by atoms with Crippen LogP contribution in [0.1, 0.15) is 16.3 Å². The molecule has 0 amide bonds. The van der Waals surface area contributed by atoms with Gasteiger partial charge in [0.15, 0.2) is 5.82 Å². The molecule has 96 valence electrons. The van der Waals surface area contributed by atoms with Crippen molar-refractivity contribution in [3.8, 4) is 0 Å². The SMILES string of the molecule is Cc1noc(NS(=O)(=O)c2c[nH]c(C(=O)O)c2)n1. The smallest absolute Gasteiger partial charge is 0.352 e. The van der Waals surface area contributed by atoms with E-state index in [1.807, 2.05) is 4.72 Å². The van der Waals surface area contributed by atoms with Gasteiger partial charge in [-0.3, -0.25) is 0 Å². The molecule has 0 spiro atoms. The zero-order chi connectivity index (χ0) is 13.3. The van der Waals surface area contributed by atoms with Crippen LogP contribution >= 0.6 is 0 Å². The second kappa shape index (κ2) is 4.14. The minimum Gasteiger partial charge on any atom is -0.477 e. The highest BCUT2D eigenvalue weighted by atomic mass is 32.2. The zero-order valence-electron chi connectivity index (χ0n) is 9.04. The van der Waals surface area contributed by atoms with Crippen LogP contribution in [0.3, 0.4) is 0 Å². The monoisotopic (exact) mass is 272 g/mol. The van der Waals surface area contributed by atoms with Crippen molar-refractivity contribution in [3.05, 3.63) is 23.8 Å². The molecular formula is C8H8N4O5S. The van der Waals surface area contributed by atoms with Gasteiger partial charge in [0.25, 0.3) is 10.0 Å². The highest BCUT2D eigenvalue weighted by Gasteiger charge is 2.20. The highest BCUT2D eigenvalue weighted by molar-refractivity contribution is 7.92. The quantitative estimate of drug-likeness (QED) is 0.722. The number of aromatic nitrogens is 3. The van der Waals surface area contributed by atoms with Crippen LogP contribution in [-0.4, -0.2) is 34.6 Å². The Kier molecular flexibility index (Phi) is 2.79. The number of carbonyl (C=O) groups is 1. The summed E-state index contributed by atoms with van der Waals surface area (Å²) in [5.41, 5.74) is -0.239. The standard InChI is InChI=1S/C8H8N4O5S/c1-4-10-8(17-11-4)12-18(15,16)5-2-6(7(13)14)9-3-5/h2-3,9H,1H3,(H,13,14)(H,10,11,12). The van der Waals surface area contributed by atoms with Crippen molar-refractivity contribution in [1.29, 1.82) is 0 Å². The van der Waals surface area contributed by atoms with E-state index >= 15 is 0 Å². The van der Waals surface area contributed by atoms with Crippen LogP contribution in [0.25, 0.3) is 0 Å². The molecule has 0 bridgehead atoms. The highest BCUT2D eigenvalue weighted by Crippen LogP contribution is 2.15. The molecule has 0 aliphatic rings. The van der Waals surface area contributed by atoms with Crippen molar-refractivity contribution in [2.45, 2.75) is 11.8 Å². The first-order valence-electron chi connectivity index (χ1n) is 4.63. The van der Waals surface area contributed by atoms with Crippen molar-refractivity contribution in [2.24, 2.45) is 0 Å². The third-order valence-corrected chi connectivity index (χ3v) is 3.25. The molecule has 18 heavy (non-hydrogen) atoms. The molecule has 9 nitrogen and oxygen atoms in total. The van der Waals surface area contributed by atoms with E-state index in [2.05, 4.69) is 19.6 Å². The van der Waals surface area contributed by atoms with Gasteiger partial charge < -0.3 is 14.6 Å². The molecule has 0 unspecified atom stereocenters. The molecule has 0 fully saturated rings. The van der Waals surface area contributed by atoms with Crippen LogP contribution < -0.4 is 4.72 Å². The number of nitrogens with zero attached hydrogens (tertiary/aromatic N) is 2. The van der Waals surface area contributed by atoms with Gasteiger partial charge in [0.2, 0.25) is 0 Å². The Hall–Kier alpha value is -2.36. The van der Waals surface area contributed by atoms with E-state index in [0.717, 1.165) is 12.3 Å². The second-order valence-electron chi connectivity index (χ2n) is 3.31. The number of carboxylic acids is 1. The maximum atomic E-state index is 11.8. The van der Waals surface area contributed by atoms with Crippen molar-refractivity contribution >= 4 is 22.0 Å². The van der Waals surface area contributed by atoms with Crippen molar-refractivity contribution < 1.29 is 22.8 Å². The molecular weight excluding hydrogens is 264 g/mol. The summed E-state index contributed by atoms with van der Waals surface area (Å²) in [7, 11) is -3.95. The Bertz CT molecular complexity index is 686. The molecule has 0 radical (unpaired) electrons. The Morgan fingerprint density at radius 3 is 2.78 bits per heavy atom. The van der Waals surface area contributed by atoms with E-state index in [1.54, 1.807) is 0 Å². The lowest BCUT2D eigenvalue weighted by atomic mass is 10.4. The van der Waals surface area contributed by atoms with Crippen molar-refractivity contribution in [1.82, 2.24) is 15.1 Å². The van der Waals surface area contributed by atoms with Gasteiger partial charge in [0.1, 0.15) is 10.6 Å². The van der Waals surface area contributed by atoms with Gasteiger partial charge in [-0.25, -0.2) is 17.9 Å². The van der Waals surface area contributed by atoms with Gasteiger partial charge in [0.05, 0.1) is 0 Å². The van der Waals surface area contributed by atoms with Crippen LogP contribution in [-0.2, 0) is 10.0 Å². The molecule has 2 rings (SSSR count). The maximum Gasteiger partial charge on any atom is 0.352 e. The molecule has 0 saturated carbocycles. The maximum absolute atomic E-state index is 11.8. The molecule has 2 heterocycles. The molecule has 0 aliphatic carbocycles. The van der Waals surface area contributed by atoms with E-state index in [0.29, 0.717) is 0 Å². The second-order valence-corrected chi connectivity index (χ2v) is 4.99. The Labute approximate surface area is 101 Å². The number of sulfonamides is 1. The number of hydrogen-bond donors (Lipinski definition) is 3. The fraction of sp³-hybridized carbons (Fsp3) is 0.125. The molecule has 3 N–H and O–H groups in total. The lowest BCUT2D eigenvalue weighted by Crippen LogP contribution is -2.12. The van der Waals surface area contributed by atoms with Crippen molar-refractivity contribution in [3.63, 3.8) is 0 Å². The average Bonchev–Trinajstić information content (AvgIpc) is 2.86. The summed E-state index contributed by atoms with van der Waals surface area (Å²) in [6.07, 6.45) is 1.05. The summed E-state index contributed by atoms with van der Waals surface area (Å²) in [6, 6.07) is 0.694. The number of H-pyrrole nitrogens is 1. The van der Waals surface area contributed by atoms with Crippen molar-refractivity contribution in [2.75, 3.05) is 4.72 Å². The number of hydrogen-bond acceptors (Lipinski definition) is 6. The number of rotatable bonds is 4. The molecule has 10 heteroatoms. The number of anilines is 1. The number of nitrogens with one attached hydrogen (secondary N) is 2. The zero-order valence-corrected chi connectivity index (χ0v) is 9.85. The molecule has 0 aromatic carbocycles. The summed E-state index contributed by atoms with van der Waals surface area (Å²) >= 11 is 0. The first-order chi connectivity index (χ1) is 8.38. The fourth-order valence-electron chi connectivity index (χ4n) is 1.17. The normalized spacial score (nSPS) is 11.4. The summed E-state index contributed by atoms with van der Waals surface area (Å²) in [5.74, 6) is -0.988.